The van der Waals surface area contributed by atoms with E-state index in [-0.39, 0.29) is 100 Å². The smallest absolute Gasteiger partial charge is 0.433 e. The number of rotatable bonds is 14. The summed E-state index contributed by atoms with van der Waals surface area (Å²) < 4.78 is 47.4. The monoisotopic (exact) mass is 855 g/mol. The zero-order chi connectivity index (χ0) is 42.6. The van der Waals surface area contributed by atoms with Crippen LogP contribution in [-0.4, -0.2) is 141 Å². The number of anilines is 1. The molecule has 4 aromatic rings. The highest BCUT2D eigenvalue weighted by Crippen LogP contribution is 2.37. The Bertz CT molecular complexity index is 2180. The molecule has 3 aliphatic heterocycles. The molecule has 7 N–H and O–H groups in total. The second-order valence-electron chi connectivity index (χ2n) is 15.1. The van der Waals surface area contributed by atoms with Crippen molar-refractivity contribution in [3.63, 3.8) is 0 Å². The summed E-state index contributed by atoms with van der Waals surface area (Å²) >= 11 is 6.56. The maximum atomic E-state index is 14.0. The van der Waals surface area contributed by atoms with Crippen LogP contribution in [0.3, 0.4) is 0 Å². The number of piperazine rings is 1. The quantitative estimate of drug-likeness (QED) is 0.108. The fourth-order valence-corrected chi connectivity index (χ4v) is 8.26. The largest absolute Gasteiger partial charge is 0.491 e. The third-order valence-corrected chi connectivity index (χ3v) is 11.5. The maximum absolute atomic E-state index is 14.0. The van der Waals surface area contributed by atoms with E-state index >= 15 is 0 Å². The lowest BCUT2D eigenvalue weighted by Crippen LogP contribution is -2.58. The molecule has 1 aromatic carbocycles. The van der Waals surface area contributed by atoms with E-state index in [1.807, 2.05) is 9.80 Å². The minimum atomic E-state index is -4.76. The third-order valence-electron chi connectivity index (χ3n) is 11.2. The van der Waals surface area contributed by atoms with Gasteiger partial charge < -0.3 is 41.0 Å². The summed E-state index contributed by atoms with van der Waals surface area (Å²) in [6, 6.07) is 7.45. The first-order valence-corrected chi connectivity index (χ1v) is 20.0. The molecule has 0 saturated carbocycles. The van der Waals surface area contributed by atoms with Crippen LogP contribution in [0.4, 0.5) is 18.9 Å². The molecular formula is C39H45ClF3N11O6. The van der Waals surface area contributed by atoms with Crippen molar-refractivity contribution in [3.8, 4) is 17.1 Å². The highest BCUT2D eigenvalue weighted by atomic mass is 35.5. The molecule has 320 valence electrons. The molecular weight excluding hydrogens is 811 g/mol. The predicted molar refractivity (Wildman–Crippen MR) is 211 cm³/mol. The van der Waals surface area contributed by atoms with Crippen LogP contribution < -0.4 is 21.1 Å². The number of nitrogens with zero attached hydrogens (tertiary/aromatic N) is 6. The fourth-order valence-electron chi connectivity index (χ4n) is 8.00. The van der Waals surface area contributed by atoms with Crippen LogP contribution in [0, 0.1) is 17.8 Å². The van der Waals surface area contributed by atoms with Crippen LogP contribution in [0.1, 0.15) is 50.8 Å². The number of aromatic nitrogens is 5. The normalized spacial score (nSPS) is 17.3. The summed E-state index contributed by atoms with van der Waals surface area (Å²) in [5, 5.41) is 21.1. The number of aromatic amines is 2. The van der Waals surface area contributed by atoms with E-state index in [1.165, 1.54) is 36.7 Å². The number of carbonyl (C=O) groups excluding carboxylic acids is 3. The minimum Gasteiger partial charge on any atom is -0.491 e. The topological polar surface area (TPSA) is 228 Å². The highest BCUT2D eigenvalue weighted by molar-refractivity contribution is 6.34. The Morgan fingerprint density at radius 2 is 1.72 bits per heavy atom. The van der Waals surface area contributed by atoms with Crippen LogP contribution in [0.15, 0.2) is 42.7 Å². The first-order chi connectivity index (χ1) is 28.8. The molecule has 7 rings (SSSR count). The van der Waals surface area contributed by atoms with Gasteiger partial charge in [0.1, 0.15) is 23.7 Å². The van der Waals surface area contributed by atoms with Crippen LogP contribution >= 0.6 is 11.6 Å². The lowest BCUT2D eigenvalue weighted by atomic mass is 9.73. The molecule has 0 bridgehead atoms. The van der Waals surface area contributed by atoms with Crippen LogP contribution in [0.25, 0.3) is 11.4 Å². The van der Waals surface area contributed by atoms with E-state index in [1.54, 1.807) is 11.0 Å². The lowest BCUT2D eigenvalue weighted by Gasteiger charge is -2.45. The molecule has 0 radical (unpaired) electrons. The molecule has 1 unspecified atom stereocenters. The summed E-state index contributed by atoms with van der Waals surface area (Å²) in [5.74, 6) is -1.36. The second kappa shape index (κ2) is 18.4. The van der Waals surface area contributed by atoms with Crippen molar-refractivity contribution >= 4 is 41.0 Å². The Labute approximate surface area is 347 Å². The van der Waals surface area contributed by atoms with Crippen molar-refractivity contribution < 1.29 is 42.2 Å². The Kier molecular flexibility index (Phi) is 13.0. The Hall–Kier alpha value is -5.57. The summed E-state index contributed by atoms with van der Waals surface area (Å²) in [6.45, 7) is 4.68. The number of ether oxygens (including phenoxy) is 1. The molecule has 17 nitrogen and oxygen atoms in total. The van der Waals surface area contributed by atoms with E-state index in [4.69, 9.17) is 22.1 Å². The molecule has 60 heavy (non-hydrogen) atoms. The number of carbonyl (C=O) groups is 4. The number of likely N-dealkylation sites (tertiary alicyclic amines) is 1. The average molecular weight is 856 g/mol. The van der Waals surface area contributed by atoms with Gasteiger partial charge in [-0.2, -0.15) is 18.3 Å². The van der Waals surface area contributed by atoms with Gasteiger partial charge in [0, 0.05) is 68.2 Å². The molecule has 3 aromatic heterocycles. The summed E-state index contributed by atoms with van der Waals surface area (Å²) in [4.78, 5) is 68.3. The molecule has 1 atom stereocenters. The van der Waals surface area contributed by atoms with Crippen molar-refractivity contribution in [3.05, 3.63) is 76.1 Å². The van der Waals surface area contributed by atoms with E-state index in [0.29, 0.717) is 45.0 Å². The number of piperidine rings is 1. The molecule has 3 amide bonds. The summed E-state index contributed by atoms with van der Waals surface area (Å²) in [7, 11) is 0. The Morgan fingerprint density at radius 3 is 2.33 bits per heavy atom. The maximum Gasteiger partial charge on any atom is 0.433 e. The second-order valence-corrected chi connectivity index (χ2v) is 15.5. The van der Waals surface area contributed by atoms with Gasteiger partial charge in [-0.15, -0.1) is 0 Å². The molecule has 6 heterocycles. The van der Waals surface area contributed by atoms with Crippen molar-refractivity contribution in [1.82, 2.24) is 45.2 Å². The third kappa shape index (κ3) is 9.72. The van der Waals surface area contributed by atoms with Gasteiger partial charge in [0.2, 0.25) is 5.91 Å². The SMILES string of the molecule is NCCOc1ccc(-c2n[nH]c(C(F)(F)F)c2Cc2cnc(C(=O)Nc3ccc(C(=O)N4CCN(C(=O)C(C5CCN(CC(=O)O)CC5)C5CNC5)CC4)c(Cl)c3)[nH]2)nc1. The number of aliphatic carboxylic acids is 1. The van der Waals surface area contributed by atoms with Gasteiger partial charge >= 0.3 is 12.1 Å². The van der Waals surface area contributed by atoms with E-state index in [2.05, 4.69) is 35.8 Å². The van der Waals surface area contributed by atoms with Crippen molar-refractivity contribution in [1.29, 1.82) is 0 Å². The fraction of sp³-hybridized carbons (Fsp3) is 0.462. The average Bonchev–Trinajstić information content (AvgIpc) is 3.86. The van der Waals surface area contributed by atoms with Crippen LogP contribution in [0.5, 0.6) is 5.75 Å². The van der Waals surface area contributed by atoms with Gasteiger partial charge in [-0.1, -0.05) is 11.6 Å². The molecule has 0 spiro atoms. The number of alkyl halides is 3. The van der Waals surface area contributed by atoms with E-state index < -0.39 is 23.7 Å². The van der Waals surface area contributed by atoms with Gasteiger partial charge in [-0.05, 0) is 81.2 Å². The number of pyridine rings is 1. The Balaban J connectivity index is 0.947. The van der Waals surface area contributed by atoms with Crippen molar-refractivity contribution in [2.24, 2.45) is 23.5 Å². The standard InChI is InChI=1S/C39H45ClF3N11O6/c40-29-16-24(49-36(57)35-47-19-25(48-35)15-28-33(50-51-34(28)39(41,42)43)30-4-2-26(20-46-30)60-14-7-44)1-3-27(29)37(58)53-10-12-54(13-11-53)38(59)32(23-17-45-18-23)22-5-8-52(9-6-22)21-31(55)56/h1-4,16,19-20,22-23,32,45H,5-15,17-18,21,44H2,(H,47,48)(H,49,57)(H,50,51)(H,55,56). The number of benzene rings is 1. The minimum absolute atomic E-state index is 0.00190. The van der Waals surface area contributed by atoms with Gasteiger partial charge in [0.05, 0.1) is 29.0 Å². The summed E-state index contributed by atoms with van der Waals surface area (Å²) in [6.07, 6.45) is -0.933. The van der Waals surface area contributed by atoms with Gasteiger partial charge in [0.15, 0.2) is 5.82 Å². The number of nitrogens with one attached hydrogen (secondary N) is 4. The number of imidazole rings is 1. The van der Waals surface area contributed by atoms with E-state index in [9.17, 15) is 37.5 Å². The van der Waals surface area contributed by atoms with Crippen LogP contribution in [-0.2, 0) is 22.2 Å². The zero-order valence-electron chi connectivity index (χ0n) is 32.4. The number of hydrogen-bond acceptors (Lipinski definition) is 11. The first-order valence-electron chi connectivity index (χ1n) is 19.6. The molecule has 3 aliphatic rings. The number of nitrogens with two attached hydrogens (primary N) is 1. The number of amides is 3. The first kappa shape index (κ1) is 42.6. The Morgan fingerprint density at radius 1 is 0.983 bits per heavy atom. The van der Waals surface area contributed by atoms with Gasteiger partial charge in [0.25, 0.3) is 11.8 Å². The zero-order valence-corrected chi connectivity index (χ0v) is 33.2. The molecule has 3 fully saturated rings. The van der Waals surface area contributed by atoms with Crippen molar-refractivity contribution in [2.45, 2.75) is 25.4 Å². The number of carboxylic acids is 1. The lowest BCUT2D eigenvalue weighted by molar-refractivity contribution is -0.144. The molecule has 0 aliphatic carbocycles. The number of hydrogen-bond donors (Lipinski definition) is 6. The van der Waals surface area contributed by atoms with Crippen LogP contribution in [0.2, 0.25) is 5.02 Å². The number of carboxylic acid groups (broad SMARTS) is 1. The predicted octanol–water partition coefficient (Wildman–Crippen LogP) is 2.96. The summed E-state index contributed by atoms with van der Waals surface area (Å²) in [5.41, 5.74) is 4.97. The number of H-pyrrole nitrogens is 2. The molecule has 21 heteroatoms. The van der Waals surface area contributed by atoms with Gasteiger partial charge in [-0.3, -0.25) is 34.2 Å². The number of halogens is 4. The van der Waals surface area contributed by atoms with E-state index in [0.717, 1.165) is 25.9 Å². The van der Waals surface area contributed by atoms with Gasteiger partial charge in [-0.25, -0.2) is 4.98 Å². The molecule has 3 saturated heterocycles. The van der Waals surface area contributed by atoms with Crippen molar-refractivity contribution in [2.75, 3.05) is 77.4 Å². The highest BCUT2D eigenvalue weighted by Gasteiger charge is 2.42.